The summed E-state index contributed by atoms with van der Waals surface area (Å²) in [5.41, 5.74) is 54.4. The number of rotatable bonds is 31. The van der Waals surface area contributed by atoms with Gasteiger partial charge in [0.1, 0.15) is 30.2 Å². The molecular formula is C35H69N21O7. The Bertz CT molecular complexity index is 1630. The number of carboxylic acids is 1. The zero-order valence-corrected chi connectivity index (χ0v) is 35.6. The molecule has 0 unspecified atom stereocenters. The Hall–Kier alpha value is -6.87. The fourth-order valence-electron chi connectivity index (χ4n) is 6.12. The van der Waals surface area contributed by atoms with E-state index in [1.54, 1.807) is 0 Å². The summed E-state index contributed by atoms with van der Waals surface area (Å²) in [4.78, 5) is 100. The lowest BCUT2D eigenvalue weighted by atomic mass is 10.0. The Balaban J connectivity index is 3.47. The molecule has 0 aromatic heterocycles. The van der Waals surface area contributed by atoms with E-state index in [1.165, 1.54) is 0 Å². The molecule has 0 spiro atoms. The lowest BCUT2D eigenvalue weighted by molar-refractivity contribution is -0.142. The summed E-state index contributed by atoms with van der Waals surface area (Å²) in [6.45, 7) is 1.09. The second-order valence-corrected chi connectivity index (χ2v) is 14.5. The van der Waals surface area contributed by atoms with E-state index in [-0.39, 0.29) is 120 Å². The van der Waals surface area contributed by atoms with Gasteiger partial charge in [-0.15, -0.1) is 0 Å². The van der Waals surface area contributed by atoms with Gasteiger partial charge in [-0.3, -0.25) is 48.9 Å². The number of hydrogen-bond donors (Lipinski definition) is 17. The molecule has 0 aliphatic carbocycles. The number of nitrogens with one attached hydrogen (secondary N) is 6. The number of hydrogen-bond acceptors (Lipinski definition) is 12. The van der Waals surface area contributed by atoms with Crippen LogP contribution in [0.2, 0.25) is 0 Å². The maximum atomic E-state index is 14.1. The van der Waals surface area contributed by atoms with E-state index in [2.05, 4.69) is 56.9 Å². The highest BCUT2D eigenvalue weighted by Gasteiger charge is 2.33. The normalized spacial score (nSPS) is 15.3. The number of nitrogens with two attached hydrogens (primary N) is 10. The summed E-state index contributed by atoms with van der Waals surface area (Å²) in [6, 6.07) is -6.99. The molecule has 1 rings (SSSR count). The first kappa shape index (κ1) is 54.1. The minimum absolute atomic E-state index is 0.0227. The molecule has 6 atom stereocenters. The molecule has 0 bridgehead atoms. The molecule has 5 amide bonds. The third-order valence-electron chi connectivity index (χ3n) is 9.25. The highest BCUT2D eigenvalue weighted by molar-refractivity contribution is 5.96. The average molecular weight is 896 g/mol. The van der Waals surface area contributed by atoms with Crippen molar-refractivity contribution in [3.05, 3.63) is 0 Å². The summed E-state index contributed by atoms with van der Waals surface area (Å²) in [5, 5.41) is 26.1. The van der Waals surface area contributed by atoms with Crippen molar-refractivity contribution in [1.29, 1.82) is 0 Å². The van der Waals surface area contributed by atoms with Gasteiger partial charge in [-0.25, -0.2) is 4.79 Å². The van der Waals surface area contributed by atoms with Crippen LogP contribution in [-0.4, -0.2) is 146 Å². The second kappa shape index (κ2) is 30.2. The van der Waals surface area contributed by atoms with Crippen molar-refractivity contribution in [2.45, 2.75) is 113 Å². The molecule has 0 saturated carbocycles. The molecular weight excluding hydrogens is 827 g/mol. The number of aliphatic carboxylic acids is 1. The highest BCUT2D eigenvalue weighted by atomic mass is 16.4. The number of carboxylic acid groups (broad SMARTS) is 1. The fraction of sp³-hybridized carbons (Fsp3) is 0.686. The van der Waals surface area contributed by atoms with Crippen molar-refractivity contribution in [3.63, 3.8) is 0 Å². The predicted molar refractivity (Wildman–Crippen MR) is 238 cm³/mol. The molecule has 1 aliphatic rings. The molecule has 0 aromatic rings. The Morgan fingerprint density at radius 3 is 0.984 bits per heavy atom. The van der Waals surface area contributed by atoms with Crippen LogP contribution >= 0.6 is 0 Å². The second-order valence-electron chi connectivity index (χ2n) is 14.5. The zero-order chi connectivity index (χ0) is 47.3. The Morgan fingerprint density at radius 1 is 0.460 bits per heavy atom. The topological polar surface area (TPSA) is 517 Å². The average Bonchev–Trinajstić information content (AvgIpc) is 3.75. The van der Waals surface area contributed by atoms with Crippen molar-refractivity contribution in [1.82, 2.24) is 31.9 Å². The SMILES string of the molecule is NC(N)=NCCC[C@H](NC(=O)[C@H](CCCN=C(N)N)NC(=O)[C@H](CCCN=C(N)N)NC(=O)[C@H](CCCN=C(N)N)NC(=O)[C@H](CCCN=C(N)N)NC(=O)[C@@H]1CCCN1)C(=O)O. The van der Waals surface area contributed by atoms with E-state index >= 15 is 0 Å². The van der Waals surface area contributed by atoms with Gasteiger partial charge in [-0.1, -0.05) is 0 Å². The van der Waals surface area contributed by atoms with Crippen LogP contribution in [0.3, 0.4) is 0 Å². The molecule has 0 radical (unpaired) electrons. The molecule has 356 valence electrons. The molecule has 1 aliphatic heterocycles. The number of amides is 5. The number of nitrogens with zero attached hydrogens (tertiary/aromatic N) is 5. The van der Waals surface area contributed by atoms with Crippen LogP contribution in [0.5, 0.6) is 0 Å². The highest BCUT2D eigenvalue weighted by Crippen LogP contribution is 2.10. The first-order valence-electron chi connectivity index (χ1n) is 20.6. The van der Waals surface area contributed by atoms with Crippen LogP contribution in [0.15, 0.2) is 25.0 Å². The van der Waals surface area contributed by atoms with E-state index in [0.29, 0.717) is 19.4 Å². The van der Waals surface area contributed by atoms with Crippen LogP contribution < -0.4 is 89.2 Å². The Kier molecular flexibility index (Phi) is 26.0. The summed E-state index contributed by atoms with van der Waals surface area (Å²) < 4.78 is 0. The lowest BCUT2D eigenvalue weighted by Gasteiger charge is -2.27. The van der Waals surface area contributed by atoms with E-state index in [4.69, 9.17) is 57.3 Å². The van der Waals surface area contributed by atoms with E-state index in [0.717, 1.165) is 6.42 Å². The van der Waals surface area contributed by atoms with E-state index < -0.39 is 71.8 Å². The first-order chi connectivity index (χ1) is 29.8. The molecule has 1 saturated heterocycles. The minimum atomic E-state index is -1.38. The molecule has 28 nitrogen and oxygen atoms in total. The Labute approximate surface area is 365 Å². The summed E-state index contributed by atoms with van der Waals surface area (Å²) in [7, 11) is 0. The third-order valence-corrected chi connectivity index (χ3v) is 9.25. The van der Waals surface area contributed by atoms with E-state index in [9.17, 15) is 33.9 Å². The van der Waals surface area contributed by atoms with Crippen LogP contribution in [0.1, 0.15) is 77.0 Å². The quantitative estimate of drug-likeness (QED) is 0.0175. The first-order valence-corrected chi connectivity index (χ1v) is 20.6. The maximum Gasteiger partial charge on any atom is 0.326 e. The van der Waals surface area contributed by atoms with Gasteiger partial charge >= 0.3 is 5.97 Å². The van der Waals surface area contributed by atoms with Gasteiger partial charge in [-0.2, -0.15) is 0 Å². The number of carbonyl (C=O) groups is 6. The molecule has 0 aromatic carbocycles. The molecule has 1 fully saturated rings. The van der Waals surface area contributed by atoms with Crippen molar-refractivity contribution in [2.75, 3.05) is 39.3 Å². The fourth-order valence-corrected chi connectivity index (χ4v) is 6.12. The minimum Gasteiger partial charge on any atom is -0.480 e. The maximum absolute atomic E-state index is 14.1. The summed E-state index contributed by atoms with van der Waals surface area (Å²) in [6.07, 6.45) is 2.26. The van der Waals surface area contributed by atoms with Gasteiger partial charge < -0.3 is 94.3 Å². The van der Waals surface area contributed by atoms with Gasteiger partial charge in [0.05, 0.1) is 6.04 Å². The van der Waals surface area contributed by atoms with Gasteiger partial charge in [0, 0.05) is 32.7 Å². The van der Waals surface area contributed by atoms with Gasteiger partial charge in [0.15, 0.2) is 29.8 Å². The van der Waals surface area contributed by atoms with Crippen molar-refractivity contribution >= 4 is 65.3 Å². The Morgan fingerprint density at radius 2 is 0.730 bits per heavy atom. The third kappa shape index (κ3) is 24.9. The zero-order valence-electron chi connectivity index (χ0n) is 35.6. The van der Waals surface area contributed by atoms with Gasteiger partial charge in [0.25, 0.3) is 0 Å². The predicted octanol–water partition coefficient (Wildman–Crippen LogP) is -7.48. The summed E-state index contributed by atoms with van der Waals surface area (Å²) in [5.74, 6) is -5.90. The largest absolute Gasteiger partial charge is 0.480 e. The van der Waals surface area contributed by atoms with Crippen LogP contribution in [0.4, 0.5) is 0 Å². The lowest BCUT2D eigenvalue weighted by Crippen LogP contribution is -2.59. The molecule has 28 heteroatoms. The van der Waals surface area contributed by atoms with Crippen molar-refractivity contribution < 1.29 is 33.9 Å². The van der Waals surface area contributed by atoms with E-state index in [1.807, 2.05) is 0 Å². The standard InChI is InChI=1S/C35H69N21O7/c36-31(37)47-14-2-8-20(52-25(57)19-7-1-13-46-19)26(58)53-21(9-3-15-48-32(38)39)27(59)54-22(10-4-16-49-33(40)41)28(60)55-23(11-5-17-50-34(42)43)29(61)56-24(30(62)63)12-6-18-51-35(44)45/h19-24,46H,1-18H2,(H,52,57)(H,53,58)(H,54,59)(H,55,60)(H,56,61)(H,62,63)(H4,36,37,47)(H4,38,39,48)(H4,40,41,49)(H4,42,43,50)(H4,44,45,51)/t19-,20-,21-,22-,23-,24-/m0/s1. The summed E-state index contributed by atoms with van der Waals surface area (Å²) >= 11 is 0. The molecule has 27 N–H and O–H groups in total. The smallest absolute Gasteiger partial charge is 0.326 e. The van der Waals surface area contributed by atoms with Crippen LogP contribution in [0, 0.1) is 0 Å². The molecule has 1 heterocycles. The van der Waals surface area contributed by atoms with Crippen molar-refractivity contribution in [2.24, 2.45) is 82.3 Å². The van der Waals surface area contributed by atoms with Crippen molar-refractivity contribution in [3.8, 4) is 0 Å². The molecule has 63 heavy (non-hydrogen) atoms. The number of guanidine groups is 5. The van der Waals surface area contributed by atoms with Gasteiger partial charge in [-0.05, 0) is 83.6 Å². The van der Waals surface area contributed by atoms with Crippen LogP contribution in [0.25, 0.3) is 0 Å². The monoisotopic (exact) mass is 896 g/mol. The van der Waals surface area contributed by atoms with Crippen LogP contribution in [-0.2, 0) is 28.8 Å². The van der Waals surface area contributed by atoms with Gasteiger partial charge in [0.2, 0.25) is 29.5 Å². The number of carbonyl (C=O) groups excluding carboxylic acids is 5. The number of aliphatic imine (C=N–C) groups is 5.